The van der Waals surface area contributed by atoms with E-state index in [1.807, 2.05) is 18.2 Å². The van der Waals surface area contributed by atoms with Crippen LogP contribution in [0.1, 0.15) is 29.5 Å². The van der Waals surface area contributed by atoms with Gasteiger partial charge in [0, 0.05) is 49.9 Å². The number of halogens is 2. The van der Waals surface area contributed by atoms with Crippen LogP contribution in [0.15, 0.2) is 47.5 Å². The number of aliphatic imine (C=N–C) groups is 1. The second-order valence-electron chi connectivity index (χ2n) is 7.16. The van der Waals surface area contributed by atoms with E-state index in [0.717, 1.165) is 37.5 Å². The Balaban J connectivity index is 1.46. The van der Waals surface area contributed by atoms with Gasteiger partial charge in [-0.1, -0.05) is 23.7 Å². The Kier molecular flexibility index (Phi) is 7.45. The summed E-state index contributed by atoms with van der Waals surface area (Å²) >= 11 is 5.95. The first-order chi connectivity index (χ1) is 14.1. The van der Waals surface area contributed by atoms with Crippen molar-refractivity contribution in [2.75, 3.05) is 20.1 Å². The van der Waals surface area contributed by atoms with Gasteiger partial charge in [-0.3, -0.25) is 9.89 Å². The number of hydrogen-bond donors (Lipinski definition) is 2. The van der Waals surface area contributed by atoms with Crippen molar-refractivity contribution < 1.29 is 4.39 Å². The molecule has 0 radical (unpaired) electrons. The Bertz CT molecular complexity index is 883. The van der Waals surface area contributed by atoms with Crippen LogP contribution in [0, 0.1) is 17.1 Å². The average Bonchev–Trinajstić information content (AvgIpc) is 2.75. The lowest BCUT2D eigenvalue weighted by Gasteiger charge is -2.33. The van der Waals surface area contributed by atoms with Gasteiger partial charge in [0.1, 0.15) is 5.82 Å². The van der Waals surface area contributed by atoms with E-state index in [1.54, 1.807) is 13.1 Å². The Labute approximate surface area is 176 Å². The maximum Gasteiger partial charge on any atom is 0.191 e. The van der Waals surface area contributed by atoms with Gasteiger partial charge < -0.3 is 10.6 Å². The molecule has 0 atom stereocenters. The lowest BCUT2D eigenvalue weighted by molar-refractivity contribution is 0.198. The molecule has 3 rings (SSSR count). The van der Waals surface area contributed by atoms with E-state index >= 15 is 0 Å². The van der Waals surface area contributed by atoms with Crippen molar-refractivity contribution >= 4 is 17.6 Å². The SMILES string of the molecule is CN=C(NCc1cc(C#N)ccc1F)NC1CCN(Cc2ccc(Cl)cc2)CC1. The van der Waals surface area contributed by atoms with Crippen molar-refractivity contribution in [2.45, 2.75) is 32.0 Å². The first kappa shape index (κ1) is 21.1. The van der Waals surface area contributed by atoms with Crippen LogP contribution in [0.5, 0.6) is 0 Å². The van der Waals surface area contributed by atoms with Gasteiger partial charge in [-0.25, -0.2) is 4.39 Å². The van der Waals surface area contributed by atoms with Gasteiger partial charge in [0.15, 0.2) is 5.96 Å². The summed E-state index contributed by atoms with van der Waals surface area (Å²) < 4.78 is 13.9. The summed E-state index contributed by atoms with van der Waals surface area (Å²) in [6.07, 6.45) is 2.01. The third-order valence-electron chi connectivity index (χ3n) is 5.09. The molecule has 0 saturated carbocycles. The van der Waals surface area contributed by atoms with E-state index in [9.17, 15) is 4.39 Å². The standard InChI is InChI=1S/C22H25ClFN5/c1-26-22(27-14-18-12-17(13-25)4-7-21(18)24)28-20-8-10-29(11-9-20)15-16-2-5-19(23)6-3-16/h2-7,12,20H,8-11,14-15H2,1H3,(H2,26,27,28). The highest BCUT2D eigenvalue weighted by Gasteiger charge is 2.20. The highest BCUT2D eigenvalue weighted by atomic mass is 35.5. The van der Waals surface area contributed by atoms with Crippen LogP contribution in [0.4, 0.5) is 4.39 Å². The second-order valence-corrected chi connectivity index (χ2v) is 7.60. The molecule has 152 valence electrons. The molecule has 29 heavy (non-hydrogen) atoms. The average molecular weight is 414 g/mol. The van der Waals surface area contributed by atoms with Crippen molar-refractivity contribution in [3.05, 3.63) is 70.0 Å². The van der Waals surface area contributed by atoms with Crippen LogP contribution in [0.25, 0.3) is 0 Å². The number of rotatable bonds is 5. The molecule has 1 aliphatic heterocycles. The fraction of sp³-hybridized carbons (Fsp3) is 0.364. The van der Waals surface area contributed by atoms with E-state index in [-0.39, 0.29) is 12.4 Å². The molecular weight excluding hydrogens is 389 g/mol. The van der Waals surface area contributed by atoms with E-state index in [1.165, 1.54) is 17.7 Å². The van der Waals surface area contributed by atoms with Crippen LogP contribution >= 0.6 is 11.6 Å². The minimum atomic E-state index is -0.331. The smallest absolute Gasteiger partial charge is 0.191 e. The predicted molar refractivity (Wildman–Crippen MR) is 114 cm³/mol. The van der Waals surface area contributed by atoms with Crippen LogP contribution < -0.4 is 10.6 Å². The fourth-order valence-electron chi connectivity index (χ4n) is 3.43. The molecule has 1 heterocycles. The first-order valence-corrected chi connectivity index (χ1v) is 10.1. The van der Waals surface area contributed by atoms with Gasteiger partial charge in [-0.15, -0.1) is 0 Å². The molecule has 0 amide bonds. The lowest BCUT2D eigenvalue weighted by atomic mass is 10.0. The third-order valence-corrected chi connectivity index (χ3v) is 5.34. The molecule has 2 aromatic carbocycles. The highest BCUT2D eigenvalue weighted by Crippen LogP contribution is 2.16. The van der Waals surface area contributed by atoms with E-state index in [0.29, 0.717) is 23.1 Å². The zero-order valence-electron chi connectivity index (χ0n) is 16.5. The van der Waals surface area contributed by atoms with Crippen molar-refractivity contribution in [3.63, 3.8) is 0 Å². The Hall–Kier alpha value is -2.62. The molecule has 0 aromatic heterocycles. The zero-order chi connectivity index (χ0) is 20.6. The van der Waals surface area contributed by atoms with Gasteiger partial charge >= 0.3 is 0 Å². The Morgan fingerprint density at radius 2 is 1.97 bits per heavy atom. The fourth-order valence-corrected chi connectivity index (χ4v) is 3.56. The van der Waals surface area contributed by atoms with Crippen LogP contribution in [0.2, 0.25) is 5.02 Å². The number of guanidine groups is 1. The zero-order valence-corrected chi connectivity index (χ0v) is 17.2. The first-order valence-electron chi connectivity index (χ1n) is 9.70. The number of nitrogens with one attached hydrogen (secondary N) is 2. The maximum atomic E-state index is 13.9. The molecule has 5 nitrogen and oxygen atoms in total. The van der Waals surface area contributed by atoms with Crippen molar-refractivity contribution in [1.29, 1.82) is 5.26 Å². The van der Waals surface area contributed by atoms with Crippen LogP contribution in [-0.4, -0.2) is 37.0 Å². The van der Waals surface area contributed by atoms with Crippen molar-refractivity contribution in [2.24, 2.45) is 4.99 Å². The maximum absolute atomic E-state index is 13.9. The van der Waals surface area contributed by atoms with Gasteiger partial charge in [-0.2, -0.15) is 5.26 Å². The van der Waals surface area contributed by atoms with E-state index in [2.05, 4.69) is 32.7 Å². The van der Waals surface area contributed by atoms with Crippen LogP contribution in [0.3, 0.4) is 0 Å². The number of nitriles is 1. The molecule has 0 spiro atoms. The molecule has 2 aromatic rings. The number of likely N-dealkylation sites (tertiary alicyclic amines) is 1. The number of piperidine rings is 1. The second kappa shape index (κ2) is 10.2. The highest BCUT2D eigenvalue weighted by molar-refractivity contribution is 6.30. The quantitative estimate of drug-likeness (QED) is 0.579. The summed E-state index contributed by atoms with van der Waals surface area (Å²) in [4.78, 5) is 6.68. The van der Waals surface area contributed by atoms with Gasteiger partial charge in [0.05, 0.1) is 11.6 Å². The minimum absolute atomic E-state index is 0.274. The molecule has 7 heteroatoms. The Morgan fingerprint density at radius 1 is 1.24 bits per heavy atom. The molecule has 0 unspecified atom stereocenters. The summed E-state index contributed by atoms with van der Waals surface area (Å²) in [5.74, 6) is 0.311. The van der Waals surface area contributed by atoms with Crippen molar-refractivity contribution in [1.82, 2.24) is 15.5 Å². The Morgan fingerprint density at radius 3 is 2.62 bits per heavy atom. The minimum Gasteiger partial charge on any atom is -0.354 e. The summed E-state index contributed by atoms with van der Waals surface area (Å²) in [6.45, 7) is 3.19. The molecule has 0 bridgehead atoms. The molecule has 1 fully saturated rings. The summed E-state index contributed by atoms with van der Waals surface area (Å²) in [6, 6.07) is 14.7. The number of benzene rings is 2. The number of nitrogens with zero attached hydrogens (tertiary/aromatic N) is 3. The molecule has 2 N–H and O–H groups in total. The van der Waals surface area contributed by atoms with Crippen molar-refractivity contribution in [3.8, 4) is 6.07 Å². The van der Waals surface area contributed by atoms with E-state index < -0.39 is 0 Å². The topological polar surface area (TPSA) is 63.5 Å². The molecule has 1 saturated heterocycles. The predicted octanol–water partition coefficient (Wildman–Crippen LogP) is 3.68. The largest absolute Gasteiger partial charge is 0.354 e. The van der Waals surface area contributed by atoms with Crippen LogP contribution in [-0.2, 0) is 13.1 Å². The summed E-state index contributed by atoms with van der Waals surface area (Å²) in [7, 11) is 1.70. The van der Waals surface area contributed by atoms with E-state index in [4.69, 9.17) is 16.9 Å². The molecule has 0 aliphatic carbocycles. The van der Waals surface area contributed by atoms with Gasteiger partial charge in [0.25, 0.3) is 0 Å². The van der Waals surface area contributed by atoms with Gasteiger partial charge in [-0.05, 0) is 48.7 Å². The third kappa shape index (κ3) is 6.18. The number of hydrogen-bond acceptors (Lipinski definition) is 3. The van der Waals surface area contributed by atoms with Gasteiger partial charge in [0.2, 0.25) is 0 Å². The normalized spacial score (nSPS) is 15.7. The summed E-state index contributed by atoms with van der Waals surface area (Å²) in [5.41, 5.74) is 2.16. The lowest BCUT2D eigenvalue weighted by Crippen LogP contribution is -2.48. The molecule has 1 aliphatic rings. The molecular formula is C22H25ClFN5. The monoisotopic (exact) mass is 413 g/mol. The summed E-state index contributed by atoms with van der Waals surface area (Å²) in [5, 5.41) is 16.3.